The molecule has 29 heavy (non-hydrogen) atoms. The van der Waals surface area contributed by atoms with Gasteiger partial charge in [-0.3, -0.25) is 4.79 Å². The molecule has 150 valence electrons. The fourth-order valence-corrected chi connectivity index (χ4v) is 3.86. The van der Waals surface area contributed by atoms with E-state index in [-0.39, 0.29) is 5.91 Å². The summed E-state index contributed by atoms with van der Waals surface area (Å²) in [7, 11) is 1.63. The number of carbonyl (C=O) groups is 1. The van der Waals surface area contributed by atoms with Gasteiger partial charge in [-0.15, -0.1) is 10.2 Å². The van der Waals surface area contributed by atoms with Crippen molar-refractivity contribution in [1.82, 2.24) is 19.7 Å². The Kier molecular flexibility index (Phi) is 5.89. The molecule has 2 heterocycles. The summed E-state index contributed by atoms with van der Waals surface area (Å²) < 4.78 is 7.30. The van der Waals surface area contributed by atoms with Gasteiger partial charge in [0.25, 0.3) is 5.91 Å². The van der Waals surface area contributed by atoms with Gasteiger partial charge in [0.1, 0.15) is 17.9 Å². The Labute approximate surface area is 171 Å². The minimum atomic E-state index is 0.0957. The van der Waals surface area contributed by atoms with Crippen LogP contribution in [0.15, 0.2) is 60.9 Å². The van der Waals surface area contributed by atoms with Gasteiger partial charge in [-0.05, 0) is 48.6 Å². The second-order valence-electron chi connectivity index (χ2n) is 7.53. The van der Waals surface area contributed by atoms with E-state index in [1.165, 1.54) is 5.56 Å². The minimum absolute atomic E-state index is 0.0957. The van der Waals surface area contributed by atoms with E-state index in [0.717, 1.165) is 50.5 Å². The van der Waals surface area contributed by atoms with Crippen molar-refractivity contribution in [2.75, 3.05) is 20.2 Å². The number of nitrogens with zero attached hydrogens (tertiary/aromatic N) is 4. The number of likely N-dealkylation sites (tertiary alicyclic amines) is 1. The molecule has 0 bridgehead atoms. The Morgan fingerprint density at radius 1 is 1.07 bits per heavy atom. The zero-order valence-electron chi connectivity index (χ0n) is 16.7. The molecule has 0 radical (unpaired) electrons. The van der Waals surface area contributed by atoms with Crippen molar-refractivity contribution in [2.45, 2.75) is 25.8 Å². The molecule has 1 aromatic heterocycles. The van der Waals surface area contributed by atoms with Crippen LogP contribution in [0.5, 0.6) is 5.75 Å². The average Bonchev–Trinajstić information content (AvgIpc) is 3.21. The van der Waals surface area contributed by atoms with Crippen LogP contribution in [0.3, 0.4) is 0 Å². The molecular weight excluding hydrogens is 364 g/mol. The van der Waals surface area contributed by atoms with Crippen LogP contribution in [-0.2, 0) is 13.0 Å². The number of carbonyl (C=O) groups excluding carboxylic acids is 1. The van der Waals surface area contributed by atoms with Crippen LogP contribution >= 0.6 is 0 Å². The van der Waals surface area contributed by atoms with Gasteiger partial charge in [-0.1, -0.05) is 30.3 Å². The van der Waals surface area contributed by atoms with Gasteiger partial charge in [0.15, 0.2) is 0 Å². The van der Waals surface area contributed by atoms with E-state index in [4.69, 9.17) is 4.74 Å². The predicted octanol–water partition coefficient (Wildman–Crippen LogP) is 3.43. The lowest BCUT2D eigenvalue weighted by molar-refractivity contribution is 0.0689. The van der Waals surface area contributed by atoms with Gasteiger partial charge >= 0.3 is 0 Å². The van der Waals surface area contributed by atoms with Crippen molar-refractivity contribution >= 4 is 5.91 Å². The van der Waals surface area contributed by atoms with Crippen LogP contribution in [-0.4, -0.2) is 45.8 Å². The smallest absolute Gasteiger partial charge is 0.253 e. The Balaban J connectivity index is 1.32. The normalized spacial score (nSPS) is 14.7. The predicted molar refractivity (Wildman–Crippen MR) is 111 cm³/mol. The van der Waals surface area contributed by atoms with E-state index < -0.39 is 0 Å². The van der Waals surface area contributed by atoms with Gasteiger partial charge < -0.3 is 14.2 Å². The van der Waals surface area contributed by atoms with E-state index in [0.29, 0.717) is 11.5 Å². The highest BCUT2D eigenvalue weighted by Gasteiger charge is 2.25. The lowest BCUT2D eigenvalue weighted by Crippen LogP contribution is -2.39. The second-order valence-corrected chi connectivity index (χ2v) is 7.53. The molecule has 0 N–H and O–H groups in total. The zero-order valence-corrected chi connectivity index (χ0v) is 16.7. The third kappa shape index (κ3) is 4.65. The maximum absolute atomic E-state index is 12.7. The quantitative estimate of drug-likeness (QED) is 0.647. The molecule has 1 aliphatic heterocycles. The zero-order chi connectivity index (χ0) is 20.1. The third-order valence-corrected chi connectivity index (χ3v) is 5.60. The van der Waals surface area contributed by atoms with Crippen LogP contribution in [0, 0.1) is 5.92 Å². The van der Waals surface area contributed by atoms with Gasteiger partial charge in [0.05, 0.1) is 13.7 Å². The van der Waals surface area contributed by atoms with Crippen molar-refractivity contribution in [3.05, 3.63) is 77.9 Å². The number of hydrogen-bond donors (Lipinski definition) is 0. The van der Waals surface area contributed by atoms with E-state index in [1.54, 1.807) is 7.11 Å². The first kappa shape index (κ1) is 19.2. The van der Waals surface area contributed by atoms with E-state index in [9.17, 15) is 4.79 Å². The molecule has 0 aliphatic carbocycles. The summed E-state index contributed by atoms with van der Waals surface area (Å²) in [4.78, 5) is 14.7. The molecular formula is C23H26N4O2. The summed E-state index contributed by atoms with van der Waals surface area (Å²) in [6.07, 6.45) is 4.68. The van der Waals surface area contributed by atoms with Crippen LogP contribution < -0.4 is 4.74 Å². The Bertz CT molecular complexity index is 929. The SMILES string of the molecule is COc1ccc(C(=O)N2CCC(Cc3nncn3Cc3ccccc3)CC2)cc1. The number of rotatable bonds is 6. The summed E-state index contributed by atoms with van der Waals surface area (Å²) in [6, 6.07) is 17.7. The second kappa shape index (κ2) is 8.90. The highest BCUT2D eigenvalue weighted by molar-refractivity contribution is 5.94. The molecule has 0 atom stereocenters. The molecule has 4 rings (SSSR count). The lowest BCUT2D eigenvalue weighted by Gasteiger charge is -2.32. The molecule has 1 fully saturated rings. The first-order valence-electron chi connectivity index (χ1n) is 10.1. The van der Waals surface area contributed by atoms with Gasteiger partial charge in [0.2, 0.25) is 0 Å². The molecule has 1 aliphatic rings. The van der Waals surface area contributed by atoms with Gasteiger partial charge in [-0.2, -0.15) is 0 Å². The Morgan fingerprint density at radius 2 is 1.79 bits per heavy atom. The number of amides is 1. The molecule has 6 heteroatoms. The largest absolute Gasteiger partial charge is 0.497 e. The Hall–Kier alpha value is -3.15. The van der Waals surface area contributed by atoms with Gasteiger partial charge in [-0.25, -0.2) is 0 Å². The van der Waals surface area contributed by atoms with E-state index in [2.05, 4.69) is 39.0 Å². The van der Waals surface area contributed by atoms with E-state index >= 15 is 0 Å². The van der Waals surface area contributed by atoms with Crippen molar-refractivity contribution in [2.24, 2.45) is 5.92 Å². The van der Waals surface area contributed by atoms with Gasteiger partial charge in [0, 0.05) is 25.1 Å². The van der Waals surface area contributed by atoms with Crippen molar-refractivity contribution in [3.8, 4) is 5.75 Å². The fraction of sp³-hybridized carbons (Fsp3) is 0.348. The van der Waals surface area contributed by atoms with Crippen LogP contribution in [0.1, 0.15) is 34.6 Å². The maximum Gasteiger partial charge on any atom is 0.253 e. The number of aromatic nitrogens is 3. The number of piperidine rings is 1. The molecule has 1 amide bonds. The lowest BCUT2D eigenvalue weighted by atomic mass is 9.92. The third-order valence-electron chi connectivity index (χ3n) is 5.60. The monoisotopic (exact) mass is 390 g/mol. The summed E-state index contributed by atoms with van der Waals surface area (Å²) >= 11 is 0. The summed E-state index contributed by atoms with van der Waals surface area (Å²) in [5, 5.41) is 8.46. The molecule has 0 unspecified atom stereocenters. The molecule has 1 saturated heterocycles. The van der Waals surface area contributed by atoms with Crippen molar-refractivity contribution in [1.29, 1.82) is 0 Å². The highest BCUT2D eigenvalue weighted by Crippen LogP contribution is 2.23. The average molecular weight is 390 g/mol. The summed E-state index contributed by atoms with van der Waals surface area (Å²) in [5.41, 5.74) is 1.96. The summed E-state index contributed by atoms with van der Waals surface area (Å²) in [6.45, 7) is 2.35. The van der Waals surface area contributed by atoms with E-state index in [1.807, 2.05) is 41.6 Å². The topological polar surface area (TPSA) is 60.2 Å². The molecule has 0 saturated carbocycles. The van der Waals surface area contributed by atoms with Crippen molar-refractivity contribution in [3.63, 3.8) is 0 Å². The first-order chi connectivity index (χ1) is 14.2. The fourth-order valence-electron chi connectivity index (χ4n) is 3.86. The standard InChI is InChI=1S/C23H26N4O2/c1-29-21-9-7-20(8-10-21)23(28)26-13-11-18(12-14-26)15-22-25-24-17-27(22)16-19-5-3-2-4-6-19/h2-10,17-18H,11-16H2,1H3. The summed E-state index contributed by atoms with van der Waals surface area (Å²) in [5.74, 6) is 2.40. The maximum atomic E-state index is 12.7. The Morgan fingerprint density at radius 3 is 2.48 bits per heavy atom. The van der Waals surface area contributed by atoms with Crippen molar-refractivity contribution < 1.29 is 9.53 Å². The molecule has 2 aromatic carbocycles. The molecule has 3 aromatic rings. The molecule has 0 spiro atoms. The number of methoxy groups -OCH3 is 1. The number of benzene rings is 2. The first-order valence-corrected chi connectivity index (χ1v) is 10.1. The van der Waals surface area contributed by atoms with Crippen LogP contribution in [0.2, 0.25) is 0 Å². The molecule has 6 nitrogen and oxygen atoms in total. The van der Waals surface area contributed by atoms with Crippen LogP contribution in [0.4, 0.5) is 0 Å². The highest BCUT2D eigenvalue weighted by atomic mass is 16.5. The number of hydrogen-bond acceptors (Lipinski definition) is 4. The number of ether oxygens (including phenoxy) is 1. The minimum Gasteiger partial charge on any atom is -0.497 e. The van der Waals surface area contributed by atoms with Crippen LogP contribution in [0.25, 0.3) is 0 Å².